The van der Waals surface area contributed by atoms with Gasteiger partial charge in [0.1, 0.15) is 22.8 Å². The summed E-state index contributed by atoms with van der Waals surface area (Å²) in [5.41, 5.74) is 8.83. The van der Waals surface area contributed by atoms with E-state index in [9.17, 15) is 34.8 Å². The highest BCUT2D eigenvalue weighted by molar-refractivity contribution is 7.13. The van der Waals surface area contributed by atoms with Crippen LogP contribution in [0.1, 0.15) is 29.5 Å². The van der Waals surface area contributed by atoms with Gasteiger partial charge in [-0.1, -0.05) is 0 Å². The Morgan fingerprint density at radius 3 is 2.53 bits per heavy atom. The van der Waals surface area contributed by atoms with Gasteiger partial charge in [-0.2, -0.15) is 0 Å². The highest BCUT2D eigenvalue weighted by atomic mass is 32.1. The standard InChI is InChI=1S/C24H22N2O7S/c1-9-4-15(34-8-9)11-2-3-13(27)16-12(11)7-23(26)6-10-5-14(28)17(22(25)32)20(30)24(10,33)21(31)18(23)19(16)29/h2-4,8,10,27,29-30,33H,5-7,26H2,1H3,(H2,25,32)/t10-,23+,24-/m1/s1. The molecule has 10 heteroatoms. The Morgan fingerprint density at radius 1 is 1.21 bits per heavy atom. The number of nitrogens with two attached hydrogens (primary N) is 2. The zero-order chi connectivity index (χ0) is 24.7. The van der Waals surface area contributed by atoms with Crippen LogP contribution >= 0.6 is 11.3 Å². The van der Waals surface area contributed by atoms with Gasteiger partial charge in [0.2, 0.25) is 5.78 Å². The number of amides is 1. The summed E-state index contributed by atoms with van der Waals surface area (Å²) in [5, 5.41) is 45.7. The van der Waals surface area contributed by atoms with Crippen LogP contribution in [0.5, 0.6) is 5.75 Å². The molecule has 3 aliphatic carbocycles. The monoisotopic (exact) mass is 482 g/mol. The van der Waals surface area contributed by atoms with E-state index in [1.54, 1.807) is 6.07 Å². The Bertz CT molecular complexity index is 1390. The first-order valence-electron chi connectivity index (χ1n) is 10.6. The zero-order valence-electron chi connectivity index (χ0n) is 18.1. The van der Waals surface area contributed by atoms with Gasteiger partial charge in [-0.15, -0.1) is 11.3 Å². The Kier molecular flexibility index (Phi) is 4.61. The summed E-state index contributed by atoms with van der Waals surface area (Å²) in [6, 6.07) is 5.06. The van der Waals surface area contributed by atoms with Crippen molar-refractivity contribution in [3.05, 3.63) is 57.2 Å². The van der Waals surface area contributed by atoms with Crippen molar-refractivity contribution in [1.29, 1.82) is 0 Å². The molecular weight excluding hydrogens is 460 g/mol. The van der Waals surface area contributed by atoms with Gasteiger partial charge in [0.05, 0.1) is 16.7 Å². The van der Waals surface area contributed by atoms with Crippen molar-refractivity contribution in [1.82, 2.24) is 0 Å². The van der Waals surface area contributed by atoms with Crippen LogP contribution in [0.3, 0.4) is 0 Å². The molecule has 3 atom stereocenters. The number of fused-ring (bicyclic) bond motifs is 3. The van der Waals surface area contributed by atoms with Gasteiger partial charge >= 0.3 is 0 Å². The fourth-order valence-corrected chi connectivity index (χ4v) is 6.50. The molecule has 0 saturated heterocycles. The third-order valence-corrected chi connectivity index (χ3v) is 8.16. The maximum Gasteiger partial charge on any atom is 0.255 e. The molecular formula is C24H22N2O7S. The number of phenolic OH excluding ortho intramolecular Hbond substituents is 1. The number of aromatic hydroxyl groups is 1. The summed E-state index contributed by atoms with van der Waals surface area (Å²) in [4.78, 5) is 38.7. The number of aryl methyl sites for hydroxylation is 1. The summed E-state index contributed by atoms with van der Waals surface area (Å²) < 4.78 is 0. The number of carbonyl (C=O) groups excluding carboxylic acids is 3. The first-order chi connectivity index (χ1) is 15.9. The molecule has 2 aromatic rings. The number of phenols is 1. The van der Waals surface area contributed by atoms with E-state index >= 15 is 0 Å². The van der Waals surface area contributed by atoms with E-state index in [2.05, 4.69) is 0 Å². The number of ketones is 2. The lowest BCUT2D eigenvalue weighted by atomic mass is 9.56. The van der Waals surface area contributed by atoms with Crippen molar-refractivity contribution < 1.29 is 34.8 Å². The van der Waals surface area contributed by atoms with Crippen LogP contribution in [0.2, 0.25) is 0 Å². The number of carbonyl (C=O) groups is 3. The first kappa shape index (κ1) is 22.3. The molecule has 0 unspecified atom stereocenters. The van der Waals surface area contributed by atoms with E-state index in [4.69, 9.17) is 11.5 Å². The lowest BCUT2D eigenvalue weighted by Gasteiger charge is -2.50. The smallest absolute Gasteiger partial charge is 0.255 e. The van der Waals surface area contributed by atoms with Crippen molar-refractivity contribution in [3.63, 3.8) is 0 Å². The summed E-state index contributed by atoms with van der Waals surface area (Å²) in [6.07, 6.45) is -0.544. The molecule has 1 aromatic carbocycles. The van der Waals surface area contributed by atoms with Crippen molar-refractivity contribution in [2.24, 2.45) is 17.4 Å². The number of thiophene rings is 1. The van der Waals surface area contributed by atoms with Gasteiger partial charge in [-0.25, -0.2) is 0 Å². The zero-order valence-corrected chi connectivity index (χ0v) is 18.9. The van der Waals surface area contributed by atoms with E-state index in [-0.39, 0.29) is 29.7 Å². The summed E-state index contributed by atoms with van der Waals surface area (Å²) >= 11 is 1.48. The minimum Gasteiger partial charge on any atom is -0.508 e. The maximum atomic E-state index is 13.6. The van der Waals surface area contributed by atoms with Gasteiger partial charge in [0.15, 0.2) is 11.4 Å². The predicted molar refractivity (Wildman–Crippen MR) is 123 cm³/mol. The molecule has 0 radical (unpaired) electrons. The third kappa shape index (κ3) is 2.76. The summed E-state index contributed by atoms with van der Waals surface area (Å²) in [7, 11) is 0. The van der Waals surface area contributed by atoms with E-state index in [1.807, 2.05) is 18.4 Å². The van der Waals surface area contributed by atoms with E-state index < -0.39 is 58.0 Å². The number of aliphatic hydroxyl groups is 3. The highest BCUT2D eigenvalue weighted by Crippen LogP contribution is 2.54. The number of primary amides is 1. The molecule has 8 N–H and O–H groups in total. The predicted octanol–water partition coefficient (Wildman–Crippen LogP) is 1.54. The molecule has 1 heterocycles. The summed E-state index contributed by atoms with van der Waals surface area (Å²) in [6.45, 7) is 1.94. The van der Waals surface area contributed by atoms with E-state index in [0.717, 1.165) is 16.0 Å². The van der Waals surface area contributed by atoms with Gasteiger partial charge in [0, 0.05) is 17.2 Å². The minimum absolute atomic E-state index is 0.0144. The maximum absolute atomic E-state index is 13.6. The van der Waals surface area contributed by atoms with Crippen LogP contribution in [0, 0.1) is 12.8 Å². The molecule has 5 rings (SSSR count). The Hall–Kier alpha value is -3.47. The topological polar surface area (TPSA) is 184 Å². The SMILES string of the molecule is Cc1csc(-c2ccc(O)c3c2C[C@@]2(N)C[C@H]4CC(=O)C(C(N)=O)=C(O)[C@@]4(O)C(=O)C2=C3O)c1. The molecule has 0 bridgehead atoms. The largest absolute Gasteiger partial charge is 0.508 e. The second-order valence-electron chi connectivity index (χ2n) is 9.24. The Morgan fingerprint density at radius 2 is 1.91 bits per heavy atom. The fraction of sp³-hybridized carbons (Fsp3) is 0.292. The fourth-order valence-electron chi connectivity index (χ4n) is 5.55. The number of benzene rings is 1. The van der Waals surface area contributed by atoms with Gasteiger partial charge in [0.25, 0.3) is 5.91 Å². The Balaban J connectivity index is 1.76. The number of rotatable bonds is 2. The van der Waals surface area contributed by atoms with Gasteiger partial charge in [-0.05, 0) is 60.0 Å². The van der Waals surface area contributed by atoms with E-state index in [1.165, 1.54) is 17.4 Å². The number of aliphatic hydroxyl groups excluding tert-OH is 2. The molecule has 0 aliphatic heterocycles. The average Bonchev–Trinajstić information content (AvgIpc) is 3.16. The number of hydrogen-bond acceptors (Lipinski definition) is 9. The van der Waals surface area contributed by atoms with Crippen LogP contribution in [-0.4, -0.2) is 49.0 Å². The first-order valence-corrected chi connectivity index (χ1v) is 11.4. The molecule has 0 spiro atoms. The van der Waals surface area contributed by atoms with Crippen LogP contribution in [0.4, 0.5) is 0 Å². The average molecular weight is 483 g/mol. The minimum atomic E-state index is -2.65. The number of hydrogen-bond donors (Lipinski definition) is 6. The molecule has 1 fully saturated rings. The normalized spacial score (nSPS) is 28.5. The van der Waals surface area contributed by atoms with Crippen LogP contribution in [-0.2, 0) is 20.8 Å². The molecule has 1 aromatic heterocycles. The van der Waals surface area contributed by atoms with Gasteiger partial charge < -0.3 is 31.9 Å². The molecule has 1 saturated carbocycles. The molecule has 3 aliphatic rings. The lowest BCUT2D eigenvalue weighted by molar-refractivity contribution is -0.148. The second kappa shape index (κ2) is 7.02. The second-order valence-corrected chi connectivity index (χ2v) is 10.2. The van der Waals surface area contributed by atoms with Crippen molar-refractivity contribution in [2.75, 3.05) is 0 Å². The molecule has 9 nitrogen and oxygen atoms in total. The third-order valence-electron chi connectivity index (χ3n) is 7.08. The van der Waals surface area contributed by atoms with Crippen LogP contribution in [0.25, 0.3) is 16.2 Å². The van der Waals surface area contributed by atoms with Crippen molar-refractivity contribution >= 4 is 34.6 Å². The molecule has 1 amide bonds. The van der Waals surface area contributed by atoms with Crippen LogP contribution in [0.15, 0.2) is 40.5 Å². The molecule has 34 heavy (non-hydrogen) atoms. The lowest BCUT2D eigenvalue weighted by Crippen LogP contribution is -2.65. The van der Waals surface area contributed by atoms with Gasteiger partial charge in [-0.3, -0.25) is 14.4 Å². The van der Waals surface area contributed by atoms with Crippen molar-refractivity contribution in [2.45, 2.75) is 37.3 Å². The van der Waals surface area contributed by atoms with E-state index in [0.29, 0.717) is 5.56 Å². The summed E-state index contributed by atoms with van der Waals surface area (Å²) in [5.74, 6) is -6.36. The quantitative estimate of drug-likeness (QED) is 0.348. The number of Topliss-reactive ketones (excluding diaryl/α,β-unsaturated/α-hetero) is 2. The molecule has 176 valence electrons. The highest BCUT2D eigenvalue weighted by Gasteiger charge is 2.63. The van der Waals surface area contributed by atoms with Crippen LogP contribution < -0.4 is 11.5 Å². The Labute approximate surface area is 197 Å². The van der Waals surface area contributed by atoms with Crippen molar-refractivity contribution in [3.8, 4) is 16.2 Å².